The number of nitrogens with zero attached hydrogens (tertiary/aromatic N) is 3. The summed E-state index contributed by atoms with van der Waals surface area (Å²) in [6.45, 7) is 1.14. The highest BCUT2D eigenvalue weighted by molar-refractivity contribution is 7.14. The van der Waals surface area contributed by atoms with Crippen LogP contribution in [0.4, 0.5) is 28.8 Å². The van der Waals surface area contributed by atoms with Gasteiger partial charge >= 0.3 is 12.2 Å². The van der Waals surface area contributed by atoms with E-state index in [1.807, 2.05) is 25.1 Å². The third-order valence-corrected chi connectivity index (χ3v) is 5.56. The maximum atomic E-state index is 13.3. The smallest absolute Gasteiger partial charge is 0.337 e. The monoisotopic (exact) mass is 482 g/mol. The maximum absolute atomic E-state index is 13.3. The quantitative estimate of drug-likeness (QED) is 0.403. The van der Waals surface area contributed by atoms with Gasteiger partial charge in [0.15, 0.2) is 5.13 Å². The predicted molar refractivity (Wildman–Crippen MR) is 123 cm³/mol. The van der Waals surface area contributed by atoms with Crippen molar-refractivity contribution in [2.24, 2.45) is 0 Å². The number of nitrogens with one attached hydrogen (secondary N) is 1. The second-order valence-electron chi connectivity index (χ2n) is 7.30. The average molecular weight is 483 g/mol. The van der Waals surface area contributed by atoms with Gasteiger partial charge in [0.25, 0.3) is 0 Å². The van der Waals surface area contributed by atoms with Crippen LogP contribution in [0.2, 0.25) is 5.02 Å². The highest BCUT2D eigenvalue weighted by Crippen LogP contribution is 2.36. The molecule has 32 heavy (non-hydrogen) atoms. The molecule has 0 spiro atoms. The first-order valence-corrected chi connectivity index (χ1v) is 11.0. The Labute approximate surface area is 193 Å². The van der Waals surface area contributed by atoms with Crippen LogP contribution in [0.3, 0.4) is 0 Å². The zero-order valence-electron chi connectivity index (χ0n) is 17.5. The molecule has 3 rings (SSSR count). The summed E-state index contributed by atoms with van der Waals surface area (Å²) >= 11 is 7.22. The lowest BCUT2D eigenvalue weighted by molar-refractivity contribution is -0.137. The third kappa shape index (κ3) is 6.21. The Hall–Kier alpha value is -2.62. The van der Waals surface area contributed by atoms with Gasteiger partial charge in [-0.25, -0.2) is 14.7 Å². The van der Waals surface area contributed by atoms with Crippen molar-refractivity contribution in [2.75, 3.05) is 32.1 Å². The van der Waals surface area contributed by atoms with E-state index >= 15 is 0 Å². The number of anilines is 2. The minimum absolute atomic E-state index is 0.0805. The highest BCUT2D eigenvalue weighted by atomic mass is 35.5. The predicted octanol–water partition coefficient (Wildman–Crippen LogP) is 6.28. The molecule has 0 aliphatic carbocycles. The molecule has 1 aromatic heterocycles. The number of halogens is 4. The van der Waals surface area contributed by atoms with Crippen LogP contribution in [0, 0.1) is 0 Å². The van der Waals surface area contributed by atoms with Crippen molar-refractivity contribution in [2.45, 2.75) is 12.6 Å². The molecule has 0 radical (unpaired) electrons. The standard InChI is InChI=1S/C22H22ClF3N4OS/c1-29(2)11-5-10-27-20(31)30(18-9-4-7-16(13-18)22(24,25)26)21-28-19(14-32-21)15-6-3-8-17(23)12-15/h3-4,6-9,12-14H,5,10-11H2,1-2H3,(H,27,31). The number of thiazole rings is 1. The van der Waals surface area contributed by atoms with Crippen LogP contribution in [0.25, 0.3) is 11.3 Å². The molecule has 1 heterocycles. The second-order valence-corrected chi connectivity index (χ2v) is 8.57. The molecule has 10 heteroatoms. The molecule has 0 bridgehead atoms. The number of hydrogen-bond donors (Lipinski definition) is 1. The molecule has 0 saturated carbocycles. The largest absolute Gasteiger partial charge is 0.416 e. The summed E-state index contributed by atoms with van der Waals surface area (Å²) in [6, 6.07) is 11.2. The van der Waals surface area contributed by atoms with Crippen molar-refractivity contribution < 1.29 is 18.0 Å². The molecular formula is C22H22ClF3N4OS. The van der Waals surface area contributed by atoms with Gasteiger partial charge in [0.1, 0.15) is 0 Å². The fourth-order valence-corrected chi connectivity index (χ4v) is 3.99. The highest BCUT2D eigenvalue weighted by Gasteiger charge is 2.32. The van der Waals surface area contributed by atoms with Crippen molar-refractivity contribution in [3.8, 4) is 11.3 Å². The Kier molecular flexibility index (Phi) is 7.76. The summed E-state index contributed by atoms with van der Waals surface area (Å²) in [5.74, 6) is 0. The van der Waals surface area contributed by atoms with Crippen LogP contribution in [-0.2, 0) is 6.18 Å². The summed E-state index contributed by atoms with van der Waals surface area (Å²) in [4.78, 5) is 20.7. The van der Waals surface area contributed by atoms with Crippen LogP contribution in [0.5, 0.6) is 0 Å². The van der Waals surface area contributed by atoms with E-state index < -0.39 is 17.8 Å². The van der Waals surface area contributed by atoms with Crippen molar-refractivity contribution in [1.29, 1.82) is 0 Å². The van der Waals surface area contributed by atoms with Gasteiger partial charge in [0, 0.05) is 22.5 Å². The number of alkyl halides is 3. The van der Waals surface area contributed by atoms with Gasteiger partial charge in [0.2, 0.25) is 0 Å². The van der Waals surface area contributed by atoms with Gasteiger partial charge in [-0.3, -0.25) is 0 Å². The van der Waals surface area contributed by atoms with E-state index in [4.69, 9.17) is 11.6 Å². The van der Waals surface area contributed by atoms with Crippen molar-refractivity contribution >= 4 is 39.8 Å². The topological polar surface area (TPSA) is 48.5 Å². The Morgan fingerprint density at radius 2 is 1.91 bits per heavy atom. The summed E-state index contributed by atoms with van der Waals surface area (Å²) < 4.78 is 39.8. The Balaban J connectivity index is 1.93. The minimum Gasteiger partial charge on any atom is -0.337 e. The molecular weight excluding hydrogens is 461 g/mol. The first-order chi connectivity index (χ1) is 15.1. The minimum atomic E-state index is -4.53. The molecule has 3 aromatic rings. The lowest BCUT2D eigenvalue weighted by Gasteiger charge is -2.22. The summed E-state index contributed by atoms with van der Waals surface area (Å²) in [7, 11) is 3.84. The summed E-state index contributed by atoms with van der Waals surface area (Å²) in [5, 5.41) is 5.30. The van der Waals surface area contributed by atoms with E-state index in [1.165, 1.54) is 17.0 Å². The molecule has 0 aliphatic heterocycles. The van der Waals surface area contributed by atoms with Gasteiger partial charge in [-0.1, -0.05) is 29.8 Å². The number of carbonyl (C=O) groups excluding carboxylic acids is 1. The molecule has 2 amide bonds. The number of hydrogen-bond acceptors (Lipinski definition) is 4. The lowest BCUT2D eigenvalue weighted by atomic mass is 10.2. The van der Waals surface area contributed by atoms with E-state index in [1.54, 1.807) is 23.6 Å². The first kappa shape index (κ1) is 24.0. The van der Waals surface area contributed by atoms with E-state index in [0.717, 1.165) is 35.6 Å². The average Bonchev–Trinajstić information content (AvgIpc) is 3.20. The summed E-state index contributed by atoms with van der Waals surface area (Å²) in [6.07, 6.45) is -3.83. The van der Waals surface area contributed by atoms with Gasteiger partial charge in [-0.2, -0.15) is 13.2 Å². The molecule has 2 aromatic carbocycles. The van der Waals surface area contributed by atoms with Gasteiger partial charge in [0.05, 0.1) is 16.9 Å². The first-order valence-electron chi connectivity index (χ1n) is 9.76. The van der Waals surface area contributed by atoms with Crippen molar-refractivity contribution in [3.63, 3.8) is 0 Å². The van der Waals surface area contributed by atoms with E-state index in [0.29, 0.717) is 23.7 Å². The lowest BCUT2D eigenvalue weighted by Crippen LogP contribution is -2.38. The molecule has 0 aliphatic rings. The van der Waals surface area contributed by atoms with Gasteiger partial charge in [-0.15, -0.1) is 11.3 Å². The number of benzene rings is 2. The number of amides is 2. The Bertz CT molecular complexity index is 1070. The van der Waals surface area contributed by atoms with Crippen LogP contribution in [0.1, 0.15) is 12.0 Å². The fraction of sp³-hybridized carbons (Fsp3) is 0.273. The molecule has 5 nitrogen and oxygen atoms in total. The van der Waals surface area contributed by atoms with Crippen molar-refractivity contribution in [3.05, 3.63) is 64.5 Å². The molecule has 0 atom stereocenters. The number of carbonyl (C=O) groups is 1. The zero-order valence-corrected chi connectivity index (χ0v) is 19.1. The number of aromatic nitrogens is 1. The Morgan fingerprint density at radius 3 is 2.59 bits per heavy atom. The SMILES string of the molecule is CN(C)CCCNC(=O)N(c1cccc(C(F)(F)F)c1)c1nc(-c2cccc(Cl)c2)cs1. The van der Waals surface area contributed by atoms with Gasteiger partial charge in [-0.05, 0) is 57.4 Å². The van der Waals surface area contributed by atoms with Crippen molar-refractivity contribution in [1.82, 2.24) is 15.2 Å². The Morgan fingerprint density at radius 1 is 1.16 bits per heavy atom. The van der Waals surface area contributed by atoms with Crippen LogP contribution in [-0.4, -0.2) is 43.1 Å². The molecule has 0 saturated heterocycles. The van der Waals surface area contributed by atoms with Gasteiger partial charge < -0.3 is 10.2 Å². The van der Waals surface area contributed by atoms with Crippen LogP contribution in [0.15, 0.2) is 53.9 Å². The van der Waals surface area contributed by atoms with Crippen LogP contribution >= 0.6 is 22.9 Å². The number of urea groups is 1. The fourth-order valence-electron chi connectivity index (χ4n) is 2.95. The zero-order chi connectivity index (χ0) is 23.3. The van der Waals surface area contributed by atoms with E-state index in [2.05, 4.69) is 10.3 Å². The second kappa shape index (κ2) is 10.3. The summed E-state index contributed by atoms with van der Waals surface area (Å²) in [5.41, 5.74) is 0.559. The van der Waals surface area contributed by atoms with E-state index in [9.17, 15) is 18.0 Å². The number of rotatable bonds is 7. The van der Waals surface area contributed by atoms with Crippen LogP contribution < -0.4 is 10.2 Å². The molecule has 170 valence electrons. The molecule has 0 unspecified atom stereocenters. The molecule has 0 fully saturated rings. The maximum Gasteiger partial charge on any atom is 0.416 e. The van der Waals surface area contributed by atoms with E-state index in [-0.39, 0.29) is 10.8 Å². The molecule has 1 N–H and O–H groups in total. The third-order valence-electron chi connectivity index (χ3n) is 4.50. The normalized spacial score (nSPS) is 11.6.